The first-order valence-corrected chi connectivity index (χ1v) is 8.36. The lowest BCUT2D eigenvalue weighted by Crippen LogP contribution is -2.45. The molecular weight excluding hydrogens is 292 g/mol. The average Bonchev–Trinajstić information content (AvgIpc) is 2.47. The van der Waals surface area contributed by atoms with Crippen molar-refractivity contribution in [1.29, 1.82) is 0 Å². The normalized spacial score (nSPS) is 20.9. The second kappa shape index (κ2) is 6.35. The minimum atomic E-state index is -3.41. The van der Waals surface area contributed by atoms with Gasteiger partial charge in [-0.15, -0.1) is 0 Å². The highest BCUT2D eigenvalue weighted by atomic mass is 32.2. The summed E-state index contributed by atoms with van der Waals surface area (Å²) < 4.78 is 27.2. The first-order chi connectivity index (χ1) is 9.86. The van der Waals surface area contributed by atoms with Crippen LogP contribution in [-0.2, 0) is 16.8 Å². The number of hydrogen-bond donors (Lipinski definition) is 1. The Hall–Kier alpha value is -1.09. The molecule has 1 aromatic rings. The molecule has 1 unspecified atom stereocenters. The van der Waals surface area contributed by atoms with E-state index in [-0.39, 0.29) is 12.5 Å². The Labute approximate surface area is 125 Å². The fourth-order valence-corrected chi connectivity index (χ4v) is 3.78. The fraction of sp³-hybridized carbons (Fsp3) is 0.692. The minimum Gasteiger partial charge on any atom is -0.392 e. The zero-order chi connectivity index (χ0) is 15.6. The quantitative estimate of drug-likeness (QED) is 0.861. The number of aryl methyl sites for hydroxylation is 1. The van der Waals surface area contributed by atoms with Crippen LogP contribution in [0.2, 0.25) is 0 Å². The van der Waals surface area contributed by atoms with E-state index in [4.69, 9.17) is 0 Å². The van der Waals surface area contributed by atoms with Gasteiger partial charge in [0.25, 0.3) is 10.2 Å². The third-order valence-corrected chi connectivity index (χ3v) is 5.65. The summed E-state index contributed by atoms with van der Waals surface area (Å²) >= 11 is 0. The van der Waals surface area contributed by atoms with Crippen LogP contribution in [0.1, 0.15) is 35.8 Å². The van der Waals surface area contributed by atoms with E-state index in [1.807, 2.05) is 0 Å². The summed E-state index contributed by atoms with van der Waals surface area (Å²) in [6, 6.07) is 0. The molecule has 1 aliphatic heterocycles. The molecule has 0 aliphatic carbocycles. The molecule has 1 fully saturated rings. The predicted octanol–water partition coefficient (Wildman–Crippen LogP) is 0.263. The Morgan fingerprint density at radius 2 is 2.19 bits per heavy atom. The zero-order valence-corrected chi connectivity index (χ0v) is 13.5. The van der Waals surface area contributed by atoms with Crippen molar-refractivity contribution in [2.75, 3.05) is 27.2 Å². The monoisotopic (exact) mass is 314 g/mol. The van der Waals surface area contributed by atoms with Gasteiger partial charge in [-0.05, 0) is 19.8 Å². The zero-order valence-electron chi connectivity index (χ0n) is 12.7. The topological polar surface area (TPSA) is 86.6 Å². The van der Waals surface area contributed by atoms with Gasteiger partial charge < -0.3 is 5.11 Å². The highest BCUT2D eigenvalue weighted by Crippen LogP contribution is 2.29. The van der Waals surface area contributed by atoms with E-state index in [2.05, 4.69) is 9.97 Å². The number of hydrogen-bond acceptors (Lipinski definition) is 5. The third-order valence-electron chi connectivity index (χ3n) is 3.75. The van der Waals surface area contributed by atoms with Gasteiger partial charge in [-0.2, -0.15) is 17.0 Å². The van der Waals surface area contributed by atoms with Gasteiger partial charge in [0.1, 0.15) is 5.82 Å². The van der Waals surface area contributed by atoms with Crippen LogP contribution in [0.5, 0.6) is 0 Å². The van der Waals surface area contributed by atoms with Crippen LogP contribution >= 0.6 is 0 Å². The summed E-state index contributed by atoms with van der Waals surface area (Å²) in [6.45, 7) is 2.58. The van der Waals surface area contributed by atoms with Crippen molar-refractivity contribution < 1.29 is 13.5 Å². The van der Waals surface area contributed by atoms with Crippen molar-refractivity contribution in [3.8, 4) is 0 Å². The molecule has 0 radical (unpaired) electrons. The molecule has 1 aliphatic rings. The van der Waals surface area contributed by atoms with Gasteiger partial charge in [0, 0.05) is 44.9 Å². The number of nitrogens with zero attached hydrogens (tertiary/aromatic N) is 4. The molecule has 2 rings (SSSR count). The van der Waals surface area contributed by atoms with E-state index in [0.717, 1.165) is 18.5 Å². The van der Waals surface area contributed by atoms with Gasteiger partial charge >= 0.3 is 0 Å². The molecule has 2 heterocycles. The van der Waals surface area contributed by atoms with Gasteiger partial charge in [0.2, 0.25) is 0 Å². The van der Waals surface area contributed by atoms with Crippen LogP contribution in [0.25, 0.3) is 0 Å². The standard InChI is InChI=1S/C13H22N4O3S/c1-10-14-7-12(9-18)13(15-10)11-5-4-6-17(8-11)21(19,20)16(2)3/h7,11,18H,4-6,8-9H2,1-3H3. The first-order valence-electron chi connectivity index (χ1n) is 6.97. The Balaban J connectivity index is 2.28. The van der Waals surface area contributed by atoms with Crippen molar-refractivity contribution in [2.24, 2.45) is 0 Å². The molecule has 0 saturated carbocycles. The lowest BCUT2D eigenvalue weighted by molar-refractivity contribution is 0.269. The summed E-state index contributed by atoms with van der Waals surface area (Å²) in [4.78, 5) is 8.51. The smallest absolute Gasteiger partial charge is 0.281 e. The SMILES string of the molecule is Cc1ncc(CO)c(C2CCCN(S(=O)(=O)N(C)C)C2)n1. The van der Waals surface area contributed by atoms with Gasteiger partial charge in [-0.3, -0.25) is 0 Å². The van der Waals surface area contributed by atoms with E-state index in [1.54, 1.807) is 13.1 Å². The van der Waals surface area contributed by atoms with Crippen LogP contribution in [-0.4, -0.2) is 59.3 Å². The highest BCUT2D eigenvalue weighted by Gasteiger charge is 2.32. The van der Waals surface area contributed by atoms with Crippen molar-refractivity contribution in [3.05, 3.63) is 23.3 Å². The van der Waals surface area contributed by atoms with E-state index < -0.39 is 10.2 Å². The van der Waals surface area contributed by atoms with Gasteiger partial charge in [-0.25, -0.2) is 9.97 Å². The van der Waals surface area contributed by atoms with Crippen LogP contribution in [0.3, 0.4) is 0 Å². The molecule has 0 aromatic carbocycles. The molecule has 1 atom stereocenters. The van der Waals surface area contributed by atoms with Crippen molar-refractivity contribution in [1.82, 2.24) is 18.6 Å². The second-order valence-electron chi connectivity index (χ2n) is 5.47. The van der Waals surface area contributed by atoms with Crippen LogP contribution in [0.15, 0.2) is 6.20 Å². The second-order valence-corrected chi connectivity index (χ2v) is 7.62. The van der Waals surface area contributed by atoms with Crippen molar-refractivity contribution in [2.45, 2.75) is 32.3 Å². The molecule has 1 N–H and O–H groups in total. The van der Waals surface area contributed by atoms with E-state index >= 15 is 0 Å². The molecule has 0 amide bonds. The molecule has 8 heteroatoms. The molecule has 1 saturated heterocycles. The van der Waals surface area contributed by atoms with Crippen LogP contribution in [0, 0.1) is 6.92 Å². The minimum absolute atomic E-state index is 0.00248. The maximum absolute atomic E-state index is 12.3. The summed E-state index contributed by atoms with van der Waals surface area (Å²) in [5.74, 6) is 0.632. The van der Waals surface area contributed by atoms with E-state index in [1.165, 1.54) is 22.7 Å². The Kier molecular flexibility index (Phi) is 4.92. The van der Waals surface area contributed by atoms with Gasteiger partial charge in [0.15, 0.2) is 0 Å². The molecule has 21 heavy (non-hydrogen) atoms. The van der Waals surface area contributed by atoms with E-state index in [0.29, 0.717) is 24.5 Å². The first kappa shape index (κ1) is 16.3. The summed E-state index contributed by atoms with van der Waals surface area (Å²) in [5.41, 5.74) is 1.44. The summed E-state index contributed by atoms with van der Waals surface area (Å²) in [5, 5.41) is 9.43. The molecule has 0 bridgehead atoms. The molecule has 118 valence electrons. The number of piperidine rings is 1. The predicted molar refractivity (Wildman–Crippen MR) is 78.8 cm³/mol. The summed E-state index contributed by atoms with van der Waals surface area (Å²) in [7, 11) is -0.340. The fourth-order valence-electron chi connectivity index (χ4n) is 2.59. The maximum Gasteiger partial charge on any atom is 0.281 e. The maximum atomic E-state index is 12.3. The number of rotatable bonds is 4. The van der Waals surface area contributed by atoms with Crippen LogP contribution in [0.4, 0.5) is 0 Å². The van der Waals surface area contributed by atoms with E-state index in [9.17, 15) is 13.5 Å². The van der Waals surface area contributed by atoms with Gasteiger partial charge in [-0.1, -0.05) is 0 Å². The average molecular weight is 314 g/mol. The largest absolute Gasteiger partial charge is 0.392 e. The van der Waals surface area contributed by atoms with Gasteiger partial charge in [0.05, 0.1) is 12.3 Å². The third kappa shape index (κ3) is 3.39. The van der Waals surface area contributed by atoms with Crippen molar-refractivity contribution >= 4 is 10.2 Å². The number of aliphatic hydroxyl groups is 1. The van der Waals surface area contributed by atoms with Crippen LogP contribution < -0.4 is 0 Å². The molecule has 7 nitrogen and oxygen atoms in total. The summed E-state index contributed by atoms with van der Waals surface area (Å²) in [6.07, 6.45) is 3.27. The lowest BCUT2D eigenvalue weighted by atomic mass is 9.93. The Morgan fingerprint density at radius 3 is 2.81 bits per heavy atom. The molecule has 0 spiro atoms. The van der Waals surface area contributed by atoms with Crippen molar-refractivity contribution in [3.63, 3.8) is 0 Å². The molecular formula is C13H22N4O3S. The number of aromatic nitrogens is 2. The Morgan fingerprint density at radius 1 is 1.48 bits per heavy atom. The molecule has 1 aromatic heterocycles. The lowest BCUT2D eigenvalue weighted by Gasteiger charge is -2.33. The Bertz CT molecular complexity index is 603. The highest BCUT2D eigenvalue weighted by molar-refractivity contribution is 7.86. The number of aliphatic hydroxyl groups excluding tert-OH is 1.